The molecular weight excluding hydrogens is 329 g/mol. The number of allylic oxidation sites excluding steroid dienone is 4. The van der Waals surface area contributed by atoms with Gasteiger partial charge in [-0.1, -0.05) is 6.08 Å². The smallest absolute Gasteiger partial charge is 0.157 e. The minimum atomic E-state index is -1.12. The summed E-state index contributed by atoms with van der Waals surface area (Å²) >= 11 is 0. The average molecular weight is 348 g/mol. The quantitative estimate of drug-likeness (QED) is 0.836. The summed E-state index contributed by atoms with van der Waals surface area (Å²) in [5, 5.41) is 0. The van der Waals surface area contributed by atoms with Gasteiger partial charge in [0, 0.05) is 55.8 Å². The maximum Gasteiger partial charge on any atom is 0.157 e. The number of rotatable bonds is 2. The molecule has 1 aromatic heterocycles. The first kappa shape index (κ1) is 16.3. The van der Waals surface area contributed by atoms with E-state index in [1.54, 1.807) is 12.3 Å². The lowest BCUT2D eigenvalue weighted by atomic mass is 9.77. The van der Waals surface area contributed by atoms with Crippen LogP contribution in [0.2, 0.25) is 0 Å². The first-order chi connectivity index (χ1) is 12.0. The predicted octanol–water partition coefficient (Wildman–Crippen LogP) is 2.94. The number of imidazole rings is 1. The van der Waals surface area contributed by atoms with E-state index in [-0.39, 0.29) is 24.4 Å². The van der Waals surface area contributed by atoms with Crippen molar-refractivity contribution in [1.82, 2.24) is 9.55 Å². The van der Waals surface area contributed by atoms with E-state index >= 15 is 0 Å². The van der Waals surface area contributed by atoms with Crippen LogP contribution in [0, 0.1) is 11.8 Å². The van der Waals surface area contributed by atoms with Crippen molar-refractivity contribution in [3.8, 4) is 0 Å². The second kappa shape index (κ2) is 5.98. The van der Waals surface area contributed by atoms with E-state index in [9.17, 15) is 13.2 Å². The van der Waals surface area contributed by atoms with Crippen molar-refractivity contribution in [2.45, 2.75) is 37.9 Å². The second-order valence-corrected chi connectivity index (χ2v) is 6.88. The molecule has 4 nitrogen and oxygen atoms in total. The molecule has 7 heteroatoms. The van der Waals surface area contributed by atoms with Crippen LogP contribution in [-0.4, -0.2) is 27.8 Å². The number of halogens is 3. The fourth-order valence-corrected chi connectivity index (χ4v) is 4.01. The van der Waals surface area contributed by atoms with E-state index in [4.69, 9.17) is 5.73 Å². The topological polar surface area (TPSA) is 56.2 Å². The Hall–Kier alpha value is -2.15. The summed E-state index contributed by atoms with van der Waals surface area (Å²) in [4.78, 5) is 8.97. The van der Waals surface area contributed by atoms with Crippen LogP contribution in [0.1, 0.15) is 23.6 Å². The Morgan fingerprint density at radius 2 is 2.04 bits per heavy atom. The molecule has 4 atom stereocenters. The summed E-state index contributed by atoms with van der Waals surface area (Å²) in [5.74, 6) is -2.94. The van der Waals surface area contributed by atoms with Crippen molar-refractivity contribution in [3.63, 3.8) is 0 Å². The zero-order chi connectivity index (χ0) is 17.7. The van der Waals surface area contributed by atoms with Gasteiger partial charge in [-0.3, -0.25) is 4.99 Å². The molecule has 0 amide bonds. The van der Waals surface area contributed by atoms with Crippen LogP contribution in [0.25, 0.3) is 0 Å². The number of hydrogen-bond acceptors (Lipinski definition) is 3. The molecular formula is C18H19F3N4. The molecule has 4 rings (SSSR count). The van der Waals surface area contributed by atoms with Gasteiger partial charge in [0.25, 0.3) is 0 Å². The summed E-state index contributed by atoms with van der Waals surface area (Å²) in [6, 6.07) is -0.340. The summed E-state index contributed by atoms with van der Waals surface area (Å²) in [6.45, 7) is 4.26. The van der Waals surface area contributed by atoms with Crippen LogP contribution in [0.4, 0.5) is 13.2 Å². The Kier molecular flexibility index (Phi) is 3.91. The fraction of sp³-hybridized carbons (Fsp3) is 0.444. The highest BCUT2D eigenvalue weighted by Crippen LogP contribution is 2.40. The zero-order valence-electron chi connectivity index (χ0n) is 13.6. The summed E-state index contributed by atoms with van der Waals surface area (Å²) < 4.78 is 43.2. The average Bonchev–Trinajstić information content (AvgIpc) is 2.94. The lowest BCUT2D eigenvalue weighted by Gasteiger charge is -2.36. The minimum Gasteiger partial charge on any atom is -0.330 e. The summed E-state index contributed by atoms with van der Waals surface area (Å²) in [6.07, 6.45) is 5.02. The molecule has 0 fully saturated rings. The van der Waals surface area contributed by atoms with Crippen molar-refractivity contribution >= 4 is 6.21 Å². The number of hydrogen-bond donors (Lipinski definition) is 1. The predicted molar refractivity (Wildman–Crippen MR) is 89.2 cm³/mol. The highest BCUT2D eigenvalue weighted by molar-refractivity contribution is 5.80. The van der Waals surface area contributed by atoms with Gasteiger partial charge < -0.3 is 10.3 Å². The Morgan fingerprint density at radius 3 is 2.80 bits per heavy atom. The number of aromatic nitrogens is 2. The van der Waals surface area contributed by atoms with Crippen molar-refractivity contribution in [2.24, 2.45) is 22.6 Å². The van der Waals surface area contributed by atoms with Crippen molar-refractivity contribution in [1.29, 1.82) is 0 Å². The molecule has 1 aliphatic carbocycles. The molecule has 25 heavy (non-hydrogen) atoms. The summed E-state index contributed by atoms with van der Waals surface area (Å²) in [5.41, 5.74) is 8.16. The van der Waals surface area contributed by atoms with Crippen LogP contribution in [0.15, 0.2) is 41.2 Å². The molecule has 2 N–H and O–H groups in total. The van der Waals surface area contributed by atoms with Gasteiger partial charge >= 0.3 is 0 Å². The van der Waals surface area contributed by atoms with Crippen LogP contribution in [0.3, 0.4) is 0 Å². The normalized spacial score (nSPS) is 31.4. The number of fused-ring (bicyclic) bond motifs is 3. The lowest BCUT2D eigenvalue weighted by molar-refractivity contribution is 0.214. The van der Waals surface area contributed by atoms with Gasteiger partial charge in [-0.2, -0.15) is 0 Å². The Morgan fingerprint density at radius 1 is 1.24 bits per heavy atom. The fourth-order valence-electron chi connectivity index (χ4n) is 4.01. The number of aliphatic imine (C=N–C) groups is 1. The first-order valence-corrected chi connectivity index (χ1v) is 8.38. The van der Waals surface area contributed by atoms with Crippen LogP contribution in [0.5, 0.6) is 0 Å². The molecule has 3 heterocycles. The van der Waals surface area contributed by atoms with Gasteiger partial charge in [0.1, 0.15) is 23.2 Å². The molecule has 0 saturated heterocycles. The van der Waals surface area contributed by atoms with Gasteiger partial charge in [0.2, 0.25) is 0 Å². The van der Waals surface area contributed by atoms with Gasteiger partial charge in [-0.05, 0) is 5.92 Å². The maximum atomic E-state index is 14.2. The molecule has 0 bridgehead atoms. The van der Waals surface area contributed by atoms with Crippen LogP contribution < -0.4 is 5.73 Å². The van der Waals surface area contributed by atoms with E-state index in [2.05, 4.69) is 21.1 Å². The van der Waals surface area contributed by atoms with Crippen LogP contribution in [-0.2, 0) is 19.4 Å². The van der Waals surface area contributed by atoms with E-state index in [1.807, 2.05) is 0 Å². The molecule has 3 unspecified atom stereocenters. The van der Waals surface area contributed by atoms with E-state index in [1.165, 1.54) is 0 Å². The van der Waals surface area contributed by atoms with Crippen LogP contribution >= 0.6 is 0 Å². The molecule has 0 aromatic carbocycles. The molecule has 132 valence electrons. The standard InChI is InChI=1S/C18H19F3N4/c1-2-9-3-17-16(7-23-9)24-18-5-11(15(22)8-25(17)18)10-4-13(20)14(21)6-12(10)19/h2,6-7,9-11,15H,1,3-5,8,22H2/t9?,10?,11-,15?/m1/s1. The Labute approximate surface area is 143 Å². The third-order valence-electron chi connectivity index (χ3n) is 5.40. The third-order valence-corrected chi connectivity index (χ3v) is 5.40. The van der Waals surface area contributed by atoms with Gasteiger partial charge in [-0.15, -0.1) is 6.58 Å². The SMILES string of the molecule is C=CC1Cc2c(nc3n2CC(N)[C@@H](C2CC(F)=C(F)C=C2F)C3)C=N1. The minimum absolute atomic E-state index is 0.0168. The van der Waals surface area contributed by atoms with Crippen molar-refractivity contribution in [2.75, 3.05) is 0 Å². The third kappa shape index (κ3) is 2.66. The highest BCUT2D eigenvalue weighted by atomic mass is 19.2. The molecule has 2 aliphatic heterocycles. The summed E-state index contributed by atoms with van der Waals surface area (Å²) in [7, 11) is 0. The zero-order valence-corrected chi connectivity index (χ0v) is 13.6. The van der Waals surface area contributed by atoms with Crippen molar-refractivity contribution in [3.05, 3.63) is 53.4 Å². The number of nitrogens with zero attached hydrogens (tertiary/aromatic N) is 3. The highest BCUT2D eigenvalue weighted by Gasteiger charge is 2.39. The van der Waals surface area contributed by atoms with E-state index < -0.39 is 23.4 Å². The molecule has 0 saturated carbocycles. The first-order valence-electron chi connectivity index (χ1n) is 8.38. The molecule has 0 spiro atoms. The number of nitrogens with two attached hydrogens (primary N) is 1. The van der Waals surface area contributed by atoms with Gasteiger partial charge in [0.15, 0.2) is 5.83 Å². The maximum absolute atomic E-state index is 14.2. The van der Waals surface area contributed by atoms with Gasteiger partial charge in [-0.25, -0.2) is 18.2 Å². The van der Waals surface area contributed by atoms with E-state index in [0.29, 0.717) is 25.5 Å². The Balaban J connectivity index is 1.63. The lowest BCUT2D eigenvalue weighted by Crippen LogP contribution is -2.45. The second-order valence-electron chi connectivity index (χ2n) is 6.88. The largest absolute Gasteiger partial charge is 0.330 e. The Bertz CT molecular complexity index is 821. The molecule has 0 radical (unpaired) electrons. The van der Waals surface area contributed by atoms with Gasteiger partial charge in [0.05, 0.1) is 6.04 Å². The van der Waals surface area contributed by atoms with Crippen molar-refractivity contribution < 1.29 is 13.2 Å². The molecule has 3 aliphatic rings. The van der Waals surface area contributed by atoms with E-state index in [0.717, 1.165) is 17.2 Å². The monoisotopic (exact) mass is 348 g/mol. The molecule has 1 aromatic rings.